The number of hydrogen-bond acceptors (Lipinski definition) is 5. The minimum Gasteiger partial charge on any atom is -0.284 e. The third-order valence-corrected chi connectivity index (χ3v) is 2.80. The predicted molar refractivity (Wildman–Crippen MR) is 71.6 cm³/mol. The van der Waals surface area contributed by atoms with Crippen molar-refractivity contribution in [2.75, 3.05) is 28.2 Å². The number of nitriles is 1. The van der Waals surface area contributed by atoms with Crippen molar-refractivity contribution in [3.8, 4) is 6.19 Å². The lowest BCUT2D eigenvalue weighted by molar-refractivity contribution is 0.00490. The van der Waals surface area contributed by atoms with Gasteiger partial charge in [0.15, 0.2) is 6.19 Å². The monoisotopic (exact) mass is 267 g/mol. The van der Waals surface area contributed by atoms with E-state index in [-0.39, 0.29) is 6.29 Å². The Morgan fingerprint density at radius 2 is 2.00 bits per heavy atom. The summed E-state index contributed by atoms with van der Waals surface area (Å²) in [4.78, 5) is 9.69. The van der Waals surface area contributed by atoms with Gasteiger partial charge in [-0.15, -0.1) is 0 Å². The first-order valence-electron chi connectivity index (χ1n) is 5.55. The fourth-order valence-electron chi connectivity index (χ4n) is 1.96. The molecule has 0 fully saturated rings. The lowest BCUT2D eigenvalue weighted by atomic mass is 10.2. The van der Waals surface area contributed by atoms with Gasteiger partial charge in [-0.25, -0.2) is 4.98 Å². The van der Waals surface area contributed by atoms with Gasteiger partial charge in [0.05, 0.1) is 0 Å². The molecule has 18 heavy (non-hydrogen) atoms. The molecular formula is C12H18ClN5. The van der Waals surface area contributed by atoms with Crippen molar-refractivity contribution < 1.29 is 0 Å². The highest BCUT2D eigenvalue weighted by molar-refractivity contribution is 6.29. The van der Waals surface area contributed by atoms with Crippen LogP contribution in [0.3, 0.4) is 0 Å². The van der Waals surface area contributed by atoms with E-state index in [0.717, 1.165) is 5.56 Å². The lowest BCUT2D eigenvalue weighted by Crippen LogP contribution is -2.51. The van der Waals surface area contributed by atoms with Crippen LogP contribution in [0.5, 0.6) is 0 Å². The van der Waals surface area contributed by atoms with Crippen LogP contribution in [0.2, 0.25) is 5.15 Å². The highest BCUT2D eigenvalue weighted by Gasteiger charge is 2.21. The van der Waals surface area contributed by atoms with Gasteiger partial charge in [0.25, 0.3) is 0 Å². The number of aromatic nitrogens is 1. The fraction of sp³-hybridized carbons (Fsp3) is 0.500. The van der Waals surface area contributed by atoms with E-state index in [9.17, 15) is 0 Å². The molecule has 6 heteroatoms. The smallest absolute Gasteiger partial charge is 0.181 e. The van der Waals surface area contributed by atoms with Crippen LogP contribution in [0.25, 0.3) is 0 Å². The summed E-state index contributed by atoms with van der Waals surface area (Å²) in [7, 11) is 7.61. The Balaban J connectivity index is 2.76. The molecular weight excluding hydrogens is 250 g/mol. The van der Waals surface area contributed by atoms with E-state index in [1.165, 1.54) is 0 Å². The summed E-state index contributed by atoms with van der Waals surface area (Å²) >= 11 is 5.75. The first-order chi connectivity index (χ1) is 8.45. The fourth-order valence-corrected chi connectivity index (χ4v) is 2.07. The van der Waals surface area contributed by atoms with Gasteiger partial charge in [0.2, 0.25) is 0 Å². The Labute approximate surface area is 113 Å². The van der Waals surface area contributed by atoms with Crippen molar-refractivity contribution in [3.63, 3.8) is 0 Å². The van der Waals surface area contributed by atoms with Gasteiger partial charge in [-0.2, -0.15) is 5.26 Å². The molecule has 5 nitrogen and oxygen atoms in total. The van der Waals surface area contributed by atoms with Crippen LogP contribution in [-0.4, -0.2) is 54.2 Å². The number of rotatable bonds is 5. The van der Waals surface area contributed by atoms with Crippen LogP contribution < -0.4 is 0 Å². The Bertz CT molecular complexity index is 411. The van der Waals surface area contributed by atoms with Gasteiger partial charge in [-0.05, 0) is 32.8 Å². The van der Waals surface area contributed by atoms with Crippen molar-refractivity contribution >= 4 is 11.6 Å². The zero-order valence-electron chi connectivity index (χ0n) is 11.1. The van der Waals surface area contributed by atoms with E-state index in [0.29, 0.717) is 11.7 Å². The number of nitrogens with zero attached hydrogens (tertiary/aromatic N) is 5. The van der Waals surface area contributed by atoms with Gasteiger partial charge < -0.3 is 0 Å². The lowest BCUT2D eigenvalue weighted by Gasteiger charge is -2.36. The summed E-state index contributed by atoms with van der Waals surface area (Å²) in [5.74, 6) is 0. The minimum atomic E-state index is -0.0920. The molecule has 0 saturated heterocycles. The molecule has 0 aliphatic heterocycles. The standard InChI is InChI=1S/C12H18ClN5/c1-16(2)12(18(4)9-14)17(3)8-10-5-6-11(13)15-7-10/h5-7,12H,8H2,1-4H3. The van der Waals surface area contributed by atoms with Crippen LogP contribution >= 0.6 is 11.6 Å². The molecule has 1 unspecified atom stereocenters. The molecule has 0 aliphatic rings. The molecule has 98 valence electrons. The molecule has 0 bridgehead atoms. The molecule has 1 heterocycles. The zero-order valence-corrected chi connectivity index (χ0v) is 11.9. The van der Waals surface area contributed by atoms with Crippen LogP contribution in [0.1, 0.15) is 5.56 Å². The van der Waals surface area contributed by atoms with Gasteiger partial charge in [0.1, 0.15) is 11.4 Å². The first-order valence-corrected chi connectivity index (χ1v) is 5.93. The van der Waals surface area contributed by atoms with E-state index in [1.54, 1.807) is 24.2 Å². The van der Waals surface area contributed by atoms with Gasteiger partial charge in [0, 0.05) is 19.8 Å². The molecule has 1 atom stereocenters. The van der Waals surface area contributed by atoms with Gasteiger partial charge >= 0.3 is 0 Å². The quantitative estimate of drug-likeness (QED) is 0.350. The summed E-state index contributed by atoms with van der Waals surface area (Å²) < 4.78 is 0. The summed E-state index contributed by atoms with van der Waals surface area (Å²) in [6.07, 6.45) is 3.79. The number of pyridine rings is 1. The Morgan fingerprint density at radius 3 is 2.44 bits per heavy atom. The van der Waals surface area contributed by atoms with Gasteiger partial charge in [-0.3, -0.25) is 14.7 Å². The van der Waals surface area contributed by atoms with E-state index >= 15 is 0 Å². The van der Waals surface area contributed by atoms with Crippen molar-refractivity contribution in [1.82, 2.24) is 19.7 Å². The highest BCUT2D eigenvalue weighted by Crippen LogP contribution is 2.11. The van der Waals surface area contributed by atoms with E-state index in [4.69, 9.17) is 16.9 Å². The number of halogens is 1. The average molecular weight is 268 g/mol. The molecule has 0 N–H and O–H groups in total. The molecule has 0 spiro atoms. The van der Waals surface area contributed by atoms with Crippen molar-refractivity contribution in [1.29, 1.82) is 5.26 Å². The summed E-state index contributed by atoms with van der Waals surface area (Å²) in [5, 5.41) is 9.48. The first kappa shape index (κ1) is 14.7. The summed E-state index contributed by atoms with van der Waals surface area (Å²) in [5.41, 5.74) is 1.06. The molecule has 1 aromatic rings. The summed E-state index contributed by atoms with van der Waals surface area (Å²) in [6.45, 7) is 0.693. The Hall–Kier alpha value is -1.35. The van der Waals surface area contributed by atoms with E-state index < -0.39 is 0 Å². The maximum Gasteiger partial charge on any atom is 0.181 e. The second-order valence-electron chi connectivity index (χ2n) is 4.43. The molecule has 0 amide bonds. The topological polar surface area (TPSA) is 46.4 Å². The largest absolute Gasteiger partial charge is 0.284 e. The third-order valence-electron chi connectivity index (χ3n) is 2.58. The average Bonchev–Trinajstić information content (AvgIpc) is 2.31. The van der Waals surface area contributed by atoms with E-state index in [1.807, 2.05) is 32.1 Å². The summed E-state index contributed by atoms with van der Waals surface area (Å²) in [6, 6.07) is 3.70. The maximum absolute atomic E-state index is 9.00. The minimum absolute atomic E-state index is 0.0920. The van der Waals surface area contributed by atoms with Crippen LogP contribution in [0, 0.1) is 11.5 Å². The number of hydrogen-bond donors (Lipinski definition) is 0. The normalized spacial score (nSPS) is 12.6. The second kappa shape index (κ2) is 6.55. The van der Waals surface area contributed by atoms with E-state index in [2.05, 4.69) is 16.1 Å². The highest BCUT2D eigenvalue weighted by atomic mass is 35.5. The van der Waals surface area contributed by atoms with Crippen molar-refractivity contribution in [2.45, 2.75) is 12.8 Å². The molecule has 1 aromatic heterocycles. The van der Waals surface area contributed by atoms with Crippen LogP contribution in [-0.2, 0) is 6.54 Å². The third kappa shape index (κ3) is 3.84. The van der Waals surface area contributed by atoms with Crippen LogP contribution in [0.4, 0.5) is 0 Å². The SMILES string of the molecule is CN(C)C(N(C)C#N)N(C)Cc1ccc(Cl)nc1. The molecule has 1 rings (SSSR count). The van der Waals surface area contributed by atoms with Crippen molar-refractivity contribution in [3.05, 3.63) is 29.0 Å². The van der Waals surface area contributed by atoms with Crippen molar-refractivity contribution in [2.24, 2.45) is 0 Å². The van der Waals surface area contributed by atoms with Gasteiger partial charge in [-0.1, -0.05) is 17.7 Å². The molecule has 0 radical (unpaired) electrons. The van der Waals surface area contributed by atoms with Crippen LogP contribution in [0.15, 0.2) is 18.3 Å². The maximum atomic E-state index is 9.00. The molecule has 0 aliphatic carbocycles. The molecule has 0 saturated carbocycles. The Kier molecular flexibility index (Phi) is 5.35. The zero-order chi connectivity index (χ0) is 13.7. The predicted octanol–water partition coefficient (Wildman–Crippen LogP) is 1.42. The Morgan fingerprint density at radius 1 is 1.33 bits per heavy atom. The second-order valence-corrected chi connectivity index (χ2v) is 4.81. The molecule has 0 aromatic carbocycles.